The zero-order valence-corrected chi connectivity index (χ0v) is 13.8. The van der Waals surface area contributed by atoms with Gasteiger partial charge in [-0.2, -0.15) is 0 Å². The second-order valence-electron chi connectivity index (χ2n) is 5.82. The Morgan fingerprint density at radius 3 is 2.75 bits per heavy atom. The summed E-state index contributed by atoms with van der Waals surface area (Å²) in [6.45, 7) is 1.48. The second-order valence-corrected chi connectivity index (χ2v) is 5.82. The van der Waals surface area contributed by atoms with E-state index in [0.717, 1.165) is 17.9 Å². The van der Waals surface area contributed by atoms with Gasteiger partial charge in [0.1, 0.15) is 24.2 Å². The molecule has 2 amide bonds. The van der Waals surface area contributed by atoms with Gasteiger partial charge in [0.2, 0.25) is 0 Å². The molecule has 0 aliphatic carbocycles. The maximum absolute atomic E-state index is 12.1. The highest BCUT2D eigenvalue weighted by Gasteiger charge is 2.23. The molecule has 1 N–H and O–H groups in total. The summed E-state index contributed by atoms with van der Waals surface area (Å²) in [5, 5.41) is 2.91. The van der Waals surface area contributed by atoms with Crippen LogP contribution in [0.1, 0.15) is 5.56 Å². The standard InChI is InChI=1S/C19H22N2O3/c1-21(11-12-23-16-8-3-2-4-9-16)19(22)20-14-17-13-15-7-5-6-10-18(15)24-17/h2-10,17H,11-14H2,1H3,(H,20,22). The largest absolute Gasteiger partial charge is 0.492 e. The second kappa shape index (κ2) is 7.73. The Balaban J connectivity index is 1.36. The Morgan fingerprint density at radius 2 is 1.96 bits per heavy atom. The first-order valence-corrected chi connectivity index (χ1v) is 8.14. The number of urea groups is 1. The zero-order chi connectivity index (χ0) is 16.8. The van der Waals surface area contributed by atoms with E-state index in [1.807, 2.05) is 48.5 Å². The molecule has 1 unspecified atom stereocenters. The van der Waals surface area contributed by atoms with Gasteiger partial charge in [-0.15, -0.1) is 0 Å². The third kappa shape index (κ3) is 4.19. The smallest absolute Gasteiger partial charge is 0.317 e. The summed E-state index contributed by atoms with van der Waals surface area (Å²) in [5.41, 5.74) is 1.20. The Labute approximate surface area is 142 Å². The fourth-order valence-corrected chi connectivity index (χ4v) is 2.62. The summed E-state index contributed by atoms with van der Waals surface area (Å²) >= 11 is 0. The fourth-order valence-electron chi connectivity index (χ4n) is 2.62. The SMILES string of the molecule is CN(CCOc1ccccc1)C(=O)NCC1Cc2ccccc2O1. The predicted molar refractivity (Wildman–Crippen MR) is 92.5 cm³/mol. The zero-order valence-electron chi connectivity index (χ0n) is 13.8. The molecule has 5 nitrogen and oxygen atoms in total. The molecule has 0 fully saturated rings. The van der Waals surface area contributed by atoms with Crippen molar-refractivity contribution in [3.8, 4) is 11.5 Å². The van der Waals surface area contributed by atoms with E-state index >= 15 is 0 Å². The highest BCUT2D eigenvalue weighted by Crippen LogP contribution is 2.27. The number of hydrogen-bond donors (Lipinski definition) is 1. The topological polar surface area (TPSA) is 50.8 Å². The Kier molecular flexibility index (Phi) is 5.21. The van der Waals surface area contributed by atoms with Crippen LogP contribution in [0, 0.1) is 0 Å². The van der Waals surface area contributed by atoms with Gasteiger partial charge < -0.3 is 19.7 Å². The van der Waals surface area contributed by atoms with Gasteiger partial charge in [-0.1, -0.05) is 36.4 Å². The van der Waals surface area contributed by atoms with Crippen LogP contribution in [-0.2, 0) is 6.42 Å². The first kappa shape index (κ1) is 16.2. The van der Waals surface area contributed by atoms with E-state index in [1.165, 1.54) is 5.56 Å². The van der Waals surface area contributed by atoms with Crippen LogP contribution in [-0.4, -0.2) is 43.8 Å². The van der Waals surface area contributed by atoms with Crippen LogP contribution in [0.25, 0.3) is 0 Å². The molecule has 1 aliphatic rings. The fraction of sp³-hybridized carbons (Fsp3) is 0.316. The number of nitrogens with one attached hydrogen (secondary N) is 1. The molecule has 0 bridgehead atoms. The Morgan fingerprint density at radius 1 is 1.21 bits per heavy atom. The molecule has 1 atom stereocenters. The molecule has 2 aromatic rings. The number of carbonyl (C=O) groups excluding carboxylic acids is 1. The first-order valence-electron chi connectivity index (χ1n) is 8.14. The molecular weight excluding hydrogens is 304 g/mol. The van der Waals surface area contributed by atoms with E-state index in [4.69, 9.17) is 9.47 Å². The van der Waals surface area contributed by atoms with Gasteiger partial charge in [0.25, 0.3) is 0 Å². The minimum absolute atomic E-state index is 0.000295. The summed E-state index contributed by atoms with van der Waals surface area (Å²) < 4.78 is 11.4. The predicted octanol–water partition coefficient (Wildman–Crippen LogP) is 2.71. The number of likely N-dealkylation sites (N-methyl/N-ethyl adjacent to an activating group) is 1. The Hall–Kier alpha value is -2.69. The van der Waals surface area contributed by atoms with Crippen molar-refractivity contribution < 1.29 is 14.3 Å². The van der Waals surface area contributed by atoms with Gasteiger partial charge in [0.15, 0.2) is 0 Å². The summed E-state index contributed by atoms with van der Waals surface area (Å²) in [6, 6.07) is 17.4. The van der Waals surface area contributed by atoms with Crippen LogP contribution in [0.2, 0.25) is 0 Å². The maximum Gasteiger partial charge on any atom is 0.317 e. The number of hydrogen-bond acceptors (Lipinski definition) is 3. The van der Waals surface area contributed by atoms with Crippen molar-refractivity contribution in [3.05, 3.63) is 60.2 Å². The van der Waals surface area contributed by atoms with E-state index < -0.39 is 0 Å². The monoisotopic (exact) mass is 326 g/mol. The highest BCUT2D eigenvalue weighted by atomic mass is 16.5. The minimum atomic E-state index is -0.119. The molecule has 0 saturated carbocycles. The minimum Gasteiger partial charge on any atom is -0.492 e. The molecule has 0 radical (unpaired) electrons. The van der Waals surface area contributed by atoms with Gasteiger partial charge in [0.05, 0.1) is 13.1 Å². The number of para-hydroxylation sites is 2. The molecule has 126 valence electrons. The summed E-state index contributed by atoms with van der Waals surface area (Å²) in [6.07, 6.45) is 0.831. The number of benzene rings is 2. The van der Waals surface area contributed by atoms with Gasteiger partial charge in [-0.25, -0.2) is 4.79 Å². The van der Waals surface area contributed by atoms with Crippen LogP contribution in [0.5, 0.6) is 11.5 Å². The van der Waals surface area contributed by atoms with E-state index in [-0.39, 0.29) is 12.1 Å². The molecule has 0 spiro atoms. The molecule has 3 rings (SSSR count). The van der Waals surface area contributed by atoms with Crippen LogP contribution >= 0.6 is 0 Å². The molecule has 24 heavy (non-hydrogen) atoms. The van der Waals surface area contributed by atoms with Crippen LogP contribution < -0.4 is 14.8 Å². The average Bonchev–Trinajstić information content (AvgIpc) is 3.03. The number of ether oxygens (including phenoxy) is 2. The highest BCUT2D eigenvalue weighted by molar-refractivity contribution is 5.73. The lowest BCUT2D eigenvalue weighted by Gasteiger charge is -2.19. The van der Waals surface area contributed by atoms with Crippen molar-refractivity contribution in [2.75, 3.05) is 26.7 Å². The van der Waals surface area contributed by atoms with E-state index in [0.29, 0.717) is 19.7 Å². The third-order valence-electron chi connectivity index (χ3n) is 3.98. The van der Waals surface area contributed by atoms with Gasteiger partial charge in [-0.05, 0) is 23.8 Å². The van der Waals surface area contributed by atoms with Crippen molar-refractivity contribution in [2.45, 2.75) is 12.5 Å². The van der Waals surface area contributed by atoms with E-state index in [9.17, 15) is 4.79 Å². The lowest BCUT2D eigenvalue weighted by Crippen LogP contribution is -2.43. The van der Waals surface area contributed by atoms with Crippen molar-refractivity contribution in [2.24, 2.45) is 0 Å². The van der Waals surface area contributed by atoms with Crippen molar-refractivity contribution in [1.82, 2.24) is 10.2 Å². The van der Waals surface area contributed by atoms with Gasteiger partial charge in [0, 0.05) is 13.5 Å². The van der Waals surface area contributed by atoms with Gasteiger partial charge >= 0.3 is 6.03 Å². The number of fused-ring (bicyclic) bond motifs is 1. The van der Waals surface area contributed by atoms with Crippen molar-refractivity contribution in [3.63, 3.8) is 0 Å². The normalized spacial score (nSPS) is 15.3. The number of carbonyl (C=O) groups is 1. The lowest BCUT2D eigenvalue weighted by molar-refractivity contribution is 0.184. The van der Waals surface area contributed by atoms with Gasteiger partial charge in [-0.3, -0.25) is 0 Å². The maximum atomic E-state index is 12.1. The van der Waals surface area contributed by atoms with Crippen molar-refractivity contribution in [1.29, 1.82) is 0 Å². The number of rotatable bonds is 6. The molecule has 0 aromatic heterocycles. The molecule has 1 aliphatic heterocycles. The summed E-state index contributed by atoms with van der Waals surface area (Å²) in [5.74, 6) is 1.73. The van der Waals surface area contributed by atoms with Crippen LogP contribution in [0.3, 0.4) is 0 Å². The molecule has 5 heteroatoms. The number of nitrogens with zero attached hydrogens (tertiary/aromatic N) is 1. The first-order chi connectivity index (χ1) is 11.7. The lowest BCUT2D eigenvalue weighted by atomic mass is 10.1. The quantitative estimate of drug-likeness (QED) is 0.888. The third-order valence-corrected chi connectivity index (χ3v) is 3.98. The average molecular weight is 326 g/mol. The van der Waals surface area contributed by atoms with Crippen LogP contribution in [0.15, 0.2) is 54.6 Å². The van der Waals surface area contributed by atoms with Crippen molar-refractivity contribution >= 4 is 6.03 Å². The van der Waals surface area contributed by atoms with E-state index in [2.05, 4.69) is 11.4 Å². The molecular formula is C19H22N2O3. The summed E-state index contributed by atoms with van der Waals surface area (Å²) in [4.78, 5) is 13.7. The number of amides is 2. The molecule has 0 saturated heterocycles. The molecule has 1 heterocycles. The molecule has 2 aromatic carbocycles. The Bertz CT molecular complexity index is 650. The summed E-state index contributed by atoms with van der Waals surface area (Å²) in [7, 11) is 1.76. The van der Waals surface area contributed by atoms with E-state index in [1.54, 1.807) is 11.9 Å². The van der Waals surface area contributed by atoms with Crippen LogP contribution in [0.4, 0.5) is 4.79 Å².